The number of hydrogen-bond acceptors (Lipinski definition) is 3. The molecule has 2 bridgehead atoms. The van der Waals surface area contributed by atoms with Gasteiger partial charge in [0.1, 0.15) is 0 Å². The Bertz CT molecular complexity index is 827. The van der Waals surface area contributed by atoms with E-state index in [0.717, 1.165) is 31.5 Å². The highest BCUT2D eigenvalue weighted by atomic mass is 16.1. The Morgan fingerprint density at radius 1 is 1.14 bits per heavy atom. The molecule has 5 nitrogen and oxygen atoms in total. The van der Waals surface area contributed by atoms with Crippen LogP contribution in [0, 0.1) is 20.8 Å². The van der Waals surface area contributed by atoms with Crippen LogP contribution < -0.4 is 10.6 Å². The van der Waals surface area contributed by atoms with Gasteiger partial charge >= 0.3 is 0 Å². The lowest BCUT2D eigenvalue weighted by Gasteiger charge is -2.29. The Hall–Kier alpha value is -2.14. The van der Waals surface area contributed by atoms with Crippen molar-refractivity contribution in [3.63, 3.8) is 0 Å². The average Bonchev–Trinajstić information content (AvgIpc) is 3.13. The number of piperidine rings is 1. The third-order valence-electron chi connectivity index (χ3n) is 6.42. The predicted molar refractivity (Wildman–Crippen MR) is 111 cm³/mol. The second kappa shape index (κ2) is 8.08. The van der Waals surface area contributed by atoms with Gasteiger partial charge in [-0.3, -0.25) is 9.48 Å². The molecule has 5 heteroatoms. The van der Waals surface area contributed by atoms with Crippen molar-refractivity contribution in [2.24, 2.45) is 0 Å². The zero-order valence-electron chi connectivity index (χ0n) is 17.3. The SMILES string of the molecule is Cc1ccc(Cn2nc(C)c(CCC(=O)NC3CC4CCC(C3)N4)c2C)cc1. The minimum atomic E-state index is 0.177. The zero-order chi connectivity index (χ0) is 19.7. The fourth-order valence-corrected chi connectivity index (χ4v) is 4.83. The first-order valence-corrected chi connectivity index (χ1v) is 10.6. The standard InChI is InChI=1S/C23H32N4O/c1-15-4-6-18(7-5-15)14-27-17(3)22(16(2)26-27)10-11-23(28)25-21-12-19-8-9-20(13-21)24-19/h4-7,19-21,24H,8-14H2,1-3H3,(H,25,28). The summed E-state index contributed by atoms with van der Waals surface area (Å²) in [4.78, 5) is 12.5. The Kier molecular flexibility index (Phi) is 5.54. The highest BCUT2D eigenvalue weighted by molar-refractivity contribution is 5.76. The molecule has 0 radical (unpaired) electrons. The van der Waals surface area contributed by atoms with Gasteiger partial charge in [-0.1, -0.05) is 29.8 Å². The number of carbonyl (C=O) groups excluding carboxylic acids is 1. The maximum atomic E-state index is 12.5. The molecule has 2 fully saturated rings. The van der Waals surface area contributed by atoms with Crippen molar-refractivity contribution in [3.8, 4) is 0 Å². The van der Waals surface area contributed by atoms with Gasteiger partial charge < -0.3 is 10.6 Å². The number of fused-ring (bicyclic) bond motifs is 2. The maximum absolute atomic E-state index is 12.5. The molecule has 2 aliphatic heterocycles. The van der Waals surface area contributed by atoms with Crippen molar-refractivity contribution in [1.82, 2.24) is 20.4 Å². The molecule has 4 rings (SSSR count). The van der Waals surface area contributed by atoms with Gasteiger partial charge in [-0.25, -0.2) is 0 Å². The number of aryl methyl sites for hydroxylation is 2. The lowest BCUT2D eigenvalue weighted by molar-refractivity contribution is -0.122. The lowest BCUT2D eigenvalue weighted by Crippen LogP contribution is -2.48. The summed E-state index contributed by atoms with van der Waals surface area (Å²) in [5.41, 5.74) is 5.95. The van der Waals surface area contributed by atoms with Crippen LogP contribution in [0.1, 0.15) is 60.2 Å². The van der Waals surface area contributed by atoms with Crippen molar-refractivity contribution < 1.29 is 4.79 Å². The Labute approximate surface area is 167 Å². The summed E-state index contributed by atoms with van der Waals surface area (Å²) in [5.74, 6) is 0.177. The molecule has 2 unspecified atom stereocenters. The second-order valence-electron chi connectivity index (χ2n) is 8.67. The molecule has 0 spiro atoms. The molecule has 1 aromatic carbocycles. The fourth-order valence-electron chi connectivity index (χ4n) is 4.83. The lowest BCUT2D eigenvalue weighted by atomic mass is 9.99. The van der Waals surface area contributed by atoms with E-state index in [-0.39, 0.29) is 5.91 Å². The molecule has 28 heavy (non-hydrogen) atoms. The first-order chi connectivity index (χ1) is 13.5. The van der Waals surface area contributed by atoms with Gasteiger partial charge in [-0.2, -0.15) is 5.10 Å². The monoisotopic (exact) mass is 380 g/mol. The Morgan fingerprint density at radius 3 is 2.50 bits per heavy atom. The number of nitrogens with zero attached hydrogens (tertiary/aromatic N) is 2. The molecule has 0 aliphatic carbocycles. The van der Waals surface area contributed by atoms with Crippen molar-refractivity contribution in [3.05, 3.63) is 52.3 Å². The predicted octanol–water partition coefficient (Wildman–Crippen LogP) is 3.19. The van der Waals surface area contributed by atoms with Crippen molar-refractivity contribution in [2.75, 3.05) is 0 Å². The van der Waals surface area contributed by atoms with Crippen LogP contribution in [0.2, 0.25) is 0 Å². The van der Waals surface area contributed by atoms with Crippen molar-refractivity contribution in [2.45, 2.75) is 84.0 Å². The highest BCUT2D eigenvalue weighted by Crippen LogP contribution is 2.27. The minimum Gasteiger partial charge on any atom is -0.353 e. The summed E-state index contributed by atoms with van der Waals surface area (Å²) in [7, 11) is 0. The van der Waals surface area contributed by atoms with Gasteiger partial charge in [0.25, 0.3) is 0 Å². The summed E-state index contributed by atoms with van der Waals surface area (Å²) >= 11 is 0. The third kappa shape index (κ3) is 4.30. The molecule has 2 N–H and O–H groups in total. The molecule has 0 saturated carbocycles. The summed E-state index contributed by atoms with van der Waals surface area (Å²) in [6.07, 6.45) is 5.97. The van der Waals surface area contributed by atoms with Crippen LogP contribution in [-0.4, -0.2) is 33.8 Å². The first-order valence-electron chi connectivity index (χ1n) is 10.6. The number of rotatable bonds is 6. The second-order valence-corrected chi connectivity index (χ2v) is 8.67. The van der Waals surface area contributed by atoms with Crippen LogP contribution in [0.3, 0.4) is 0 Å². The van der Waals surface area contributed by atoms with E-state index in [2.05, 4.69) is 60.4 Å². The molecule has 2 saturated heterocycles. The molecular weight excluding hydrogens is 348 g/mol. The average molecular weight is 381 g/mol. The Balaban J connectivity index is 1.33. The van der Waals surface area contributed by atoms with Crippen LogP contribution in [-0.2, 0) is 17.8 Å². The third-order valence-corrected chi connectivity index (χ3v) is 6.42. The van der Waals surface area contributed by atoms with Crippen LogP contribution >= 0.6 is 0 Å². The van der Waals surface area contributed by atoms with E-state index in [1.807, 2.05) is 0 Å². The molecule has 2 aromatic rings. The number of nitrogens with one attached hydrogen (secondary N) is 2. The van der Waals surface area contributed by atoms with E-state index < -0.39 is 0 Å². The molecule has 2 aliphatic rings. The molecule has 2 atom stereocenters. The van der Waals surface area contributed by atoms with Crippen molar-refractivity contribution >= 4 is 5.91 Å². The summed E-state index contributed by atoms with van der Waals surface area (Å²) < 4.78 is 2.07. The maximum Gasteiger partial charge on any atom is 0.220 e. The van der Waals surface area contributed by atoms with Crippen LogP contribution in [0.15, 0.2) is 24.3 Å². The van der Waals surface area contributed by atoms with E-state index in [1.165, 1.54) is 35.2 Å². The van der Waals surface area contributed by atoms with Crippen LogP contribution in [0.25, 0.3) is 0 Å². The van der Waals surface area contributed by atoms with Crippen LogP contribution in [0.4, 0.5) is 0 Å². The summed E-state index contributed by atoms with van der Waals surface area (Å²) in [6, 6.07) is 10.1. The van der Waals surface area contributed by atoms with Crippen LogP contribution in [0.5, 0.6) is 0 Å². The van der Waals surface area contributed by atoms with Gasteiger partial charge in [0.15, 0.2) is 0 Å². The van der Waals surface area contributed by atoms with Gasteiger partial charge in [-0.05, 0) is 64.0 Å². The smallest absolute Gasteiger partial charge is 0.220 e. The van der Waals surface area contributed by atoms with E-state index >= 15 is 0 Å². The van der Waals surface area contributed by atoms with Gasteiger partial charge in [0, 0.05) is 30.2 Å². The number of hydrogen-bond donors (Lipinski definition) is 2. The number of amides is 1. The van der Waals surface area contributed by atoms with E-state index in [4.69, 9.17) is 5.10 Å². The normalized spacial score (nSPS) is 23.8. The van der Waals surface area contributed by atoms with E-state index in [9.17, 15) is 4.79 Å². The summed E-state index contributed by atoms with van der Waals surface area (Å²) in [6.45, 7) is 7.05. The van der Waals surface area contributed by atoms with Gasteiger partial charge in [0.2, 0.25) is 5.91 Å². The summed E-state index contributed by atoms with van der Waals surface area (Å²) in [5, 5.41) is 11.6. The van der Waals surface area contributed by atoms with E-state index in [1.54, 1.807) is 0 Å². The zero-order valence-corrected chi connectivity index (χ0v) is 17.3. The largest absolute Gasteiger partial charge is 0.353 e. The van der Waals surface area contributed by atoms with Crippen molar-refractivity contribution in [1.29, 1.82) is 0 Å². The first kappa shape index (κ1) is 19.2. The molecule has 150 valence electrons. The molecule has 1 amide bonds. The van der Waals surface area contributed by atoms with E-state index in [0.29, 0.717) is 24.5 Å². The Morgan fingerprint density at radius 2 is 1.82 bits per heavy atom. The molecule has 1 aromatic heterocycles. The number of carbonyl (C=O) groups is 1. The van der Waals surface area contributed by atoms with Gasteiger partial charge in [-0.15, -0.1) is 0 Å². The van der Waals surface area contributed by atoms with Gasteiger partial charge in [0.05, 0.1) is 12.2 Å². The fraction of sp³-hybridized carbons (Fsp3) is 0.565. The number of aromatic nitrogens is 2. The molecule has 3 heterocycles. The minimum absolute atomic E-state index is 0.177. The topological polar surface area (TPSA) is 59.0 Å². The quantitative estimate of drug-likeness (QED) is 0.809. The molecular formula is C23H32N4O. The highest BCUT2D eigenvalue weighted by Gasteiger charge is 2.33. The number of benzene rings is 1.